The quantitative estimate of drug-likeness (QED) is 0.693. The first kappa shape index (κ1) is 13.0. The van der Waals surface area contributed by atoms with E-state index in [2.05, 4.69) is 15.0 Å². The number of hydrogen-bond donors (Lipinski definition) is 0. The molecule has 2 heterocycles. The summed E-state index contributed by atoms with van der Waals surface area (Å²) in [7, 11) is 0. The van der Waals surface area contributed by atoms with Gasteiger partial charge in [-0.15, -0.1) is 0 Å². The summed E-state index contributed by atoms with van der Waals surface area (Å²) in [5, 5.41) is 0.376. The van der Waals surface area contributed by atoms with Crippen LogP contribution in [0.5, 0.6) is 0 Å². The maximum absolute atomic E-state index is 12.3. The van der Waals surface area contributed by atoms with Crippen molar-refractivity contribution in [2.75, 3.05) is 0 Å². The van der Waals surface area contributed by atoms with Crippen molar-refractivity contribution in [3.63, 3.8) is 0 Å². The van der Waals surface area contributed by atoms with Gasteiger partial charge in [0.1, 0.15) is 0 Å². The summed E-state index contributed by atoms with van der Waals surface area (Å²) in [4.78, 5) is 24.7. The lowest BCUT2D eigenvalue weighted by molar-refractivity contribution is 0.924. The van der Waals surface area contributed by atoms with Crippen LogP contribution in [0.1, 0.15) is 5.69 Å². The van der Waals surface area contributed by atoms with E-state index in [1.165, 1.54) is 10.8 Å². The summed E-state index contributed by atoms with van der Waals surface area (Å²) in [5.41, 5.74) is 1.25. The third-order valence-corrected chi connectivity index (χ3v) is 3.32. The molecule has 3 rings (SSSR count). The van der Waals surface area contributed by atoms with Gasteiger partial charge in [0, 0.05) is 17.4 Å². The largest absolute Gasteiger partial charge is 0.294 e. The van der Waals surface area contributed by atoms with Gasteiger partial charge >= 0.3 is 0 Å². The predicted octanol–water partition coefficient (Wildman–Crippen LogP) is 2.79. The number of fused-ring (bicyclic) bond motifs is 1. The van der Waals surface area contributed by atoms with Gasteiger partial charge in [0.25, 0.3) is 5.56 Å². The van der Waals surface area contributed by atoms with E-state index in [-0.39, 0.29) is 5.15 Å². The van der Waals surface area contributed by atoms with E-state index in [0.717, 1.165) is 0 Å². The number of nitrogens with zero attached hydrogens (tertiary/aromatic N) is 4. The van der Waals surface area contributed by atoms with Crippen molar-refractivity contribution in [3.05, 3.63) is 56.8 Å². The number of hydrogen-bond acceptors (Lipinski definition) is 4. The Morgan fingerprint density at radius 2 is 1.90 bits per heavy atom. The highest BCUT2D eigenvalue weighted by Crippen LogP contribution is 2.20. The second kappa shape index (κ2) is 4.85. The van der Waals surface area contributed by atoms with Gasteiger partial charge in [0.2, 0.25) is 0 Å². The maximum Gasteiger partial charge on any atom is 0.294 e. The fourth-order valence-corrected chi connectivity index (χ4v) is 2.30. The molecule has 5 nitrogen and oxygen atoms in total. The molecule has 0 aliphatic carbocycles. The van der Waals surface area contributed by atoms with Crippen LogP contribution in [0.25, 0.3) is 16.9 Å². The molecule has 0 radical (unpaired) electrons. The molecule has 20 heavy (non-hydrogen) atoms. The lowest BCUT2D eigenvalue weighted by atomic mass is 10.3. The molecule has 0 aliphatic heterocycles. The van der Waals surface area contributed by atoms with E-state index in [0.29, 0.717) is 27.6 Å². The Bertz CT molecular complexity index is 876. The summed E-state index contributed by atoms with van der Waals surface area (Å²) in [6, 6.07) is 5.03. The SMILES string of the molecule is Cc1nccnc1-n1c(=O)c(Cl)nc2ccc(Cl)cc21. The molecule has 7 heteroatoms. The number of benzene rings is 1. The zero-order valence-corrected chi connectivity index (χ0v) is 11.9. The Labute approximate surface area is 123 Å². The highest BCUT2D eigenvalue weighted by atomic mass is 35.5. The van der Waals surface area contributed by atoms with E-state index in [1.54, 1.807) is 31.3 Å². The molecule has 0 spiro atoms. The average Bonchev–Trinajstić information content (AvgIpc) is 2.42. The topological polar surface area (TPSA) is 60.7 Å². The van der Waals surface area contributed by atoms with Gasteiger partial charge in [-0.25, -0.2) is 9.97 Å². The van der Waals surface area contributed by atoms with Crippen LogP contribution in [0.15, 0.2) is 35.4 Å². The van der Waals surface area contributed by atoms with Crippen molar-refractivity contribution < 1.29 is 0 Å². The number of halogens is 2. The Morgan fingerprint density at radius 1 is 1.15 bits per heavy atom. The van der Waals surface area contributed by atoms with Gasteiger partial charge in [-0.2, -0.15) is 0 Å². The monoisotopic (exact) mass is 306 g/mol. The third kappa shape index (κ3) is 2.05. The van der Waals surface area contributed by atoms with Crippen LogP contribution < -0.4 is 5.56 Å². The number of aromatic nitrogens is 4. The highest BCUT2D eigenvalue weighted by Gasteiger charge is 2.14. The summed E-state index contributed by atoms with van der Waals surface area (Å²) in [5.74, 6) is 0.411. The summed E-state index contributed by atoms with van der Waals surface area (Å²) >= 11 is 11.9. The lowest BCUT2D eigenvalue weighted by Crippen LogP contribution is -2.22. The first-order valence-corrected chi connectivity index (χ1v) is 6.49. The third-order valence-electron chi connectivity index (χ3n) is 2.84. The molecule has 3 aromatic rings. The van der Waals surface area contributed by atoms with E-state index >= 15 is 0 Å². The van der Waals surface area contributed by atoms with Crippen molar-refractivity contribution >= 4 is 34.2 Å². The van der Waals surface area contributed by atoms with Gasteiger partial charge in [-0.1, -0.05) is 23.2 Å². The van der Waals surface area contributed by atoms with Gasteiger partial charge in [0.05, 0.1) is 16.7 Å². The summed E-state index contributed by atoms with van der Waals surface area (Å²) < 4.78 is 1.37. The molecule has 100 valence electrons. The normalized spacial score (nSPS) is 10.9. The number of aryl methyl sites for hydroxylation is 1. The molecule has 0 atom stereocenters. The Hall–Kier alpha value is -1.98. The molecule has 0 aliphatic rings. The van der Waals surface area contributed by atoms with Gasteiger partial charge in [0.15, 0.2) is 11.0 Å². The molecule has 0 amide bonds. The van der Waals surface area contributed by atoms with Crippen LogP contribution >= 0.6 is 23.2 Å². The summed E-state index contributed by atoms with van der Waals surface area (Å²) in [6.45, 7) is 1.76. The lowest BCUT2D eigenvalue weighted by Gasteiger charge is -2.11. The Morgan fingerprint density at radius 3 is 2.65 bits per heavy atom. The van der Waals surface area contributed by atoms with Crippen molar-refractivity contribution in [1.29, 1.82) is 0 Å². The maximum atomic E-state index is 12.3. The van der Waals surface area contributed by atoms with Crippen LogP contribution in [0.3, 0.4) is 0 Å². The van der Waals surface area contributed by atoms with E-state index in [1.807, 2.05) is 0 Å². The minimum Gasteiger partial charge on any atom is -0.265 e. The van der Waals surface area contributed by atoms with Gasteiger partial charge in [-0.05, 0) is 25.1 Å². The zero-order chi connectivity index (χ0) is 14.3. The van der Waals surface area contributed by atoms with Crippen molar-refractivity contribution in [1.82, 2.24) is 19.5 Å². The van der Waals surface area contributed by atoms with Crippen LogP contribution in [-0.4, -0.2) is 19.5 Å². The molecule has 0 saturated carbocycles. The first-order chi connectivity index (χ1) is 9.58. The number of rotatable bonds is 1. The molecular formula is C13H8Cl2N4O. The van der Waals surface area contributed by atoms with Crippen LogP contribution in [0, 0.1) is 6.92 Å². The molecule has 2 aromatic heterocycles. The minimum atomic E-state index is -0.454. The van der Waals surface area contributed by atoms with E-state index in [4.69, 9.17) is 23.2 Å². The summed E-state index contributed by atoms with van der Waals surface area (Å²) in [6.07, 6.45) is 3.07. The van der Waals surface area contributed by atoms with E-state index in [9.17, 15) is 4.79 Å². The van der Waals surface area contributed by atoms with Crippen LogP contribution in [-0.2, 0) is 0 Å². The fraction of sp³-hybridized carbons (Fsp3) is 0.0769. The first-order valence-electron chi connectivity index (χ1n) is 5.74. The zero-order valence-electron chi connectivity index (χ0n) is 10.3. The van der Waals surface area contributed by atoms with Gasteiger partial charge in [-0.3, -0.25) is 14.3 Å². The van der Waals surface area contributed by atoms with E-state index < -0.39 is 5.56 Å². The second-order valence-corrected chi connectivity index (χ2v) is 4.94. The van der Waals surface area contributed by atoms with Crippen molar-refractivity contribution in [2.24, 2.45) is 0 Å². The molecule has 0 unspecified atom stereocenters. The molecule has 0 bridgehead atoms. The van der Waals surface area contributed by atoms with Crippen molar-refractivity contribution in [2.45, 2.75) is 6.92 Å². The molecule has 0 N–H and O–H groups in total. The smallest absolute Gasteiger partial charge is 0.265 e. The fourth-order valence-electron chi connectivity index (χ4n) is 1.96. The standard InChI is InChI=1S/C13H8Cl2N4O/c1-7-12(17-5-4-16-7)19-10-6-8(14)2-3-9(10)18-11(15)13(19)20/h2-6H,1H3. The van der Waals surface area contributed by atoms with Crippen molar-refractivity contribution in [3.8, 4) is 5.82 Å². The Kier molecular flexibility index (Phi) is 3.16. The highest BCUT2D eigenvalue weighted by molar-refractivity contribution is 6.31. The minimum absolute atomic E-state index is 0.120. The Balaban J connectivity index is 2.51. The molecule has 1 aromatic carbocycles. The molecule has 0 saturated heterocycles. The predicted molar refractivity (Wildman–Crippen MR) is 77.7 cm³/mol. The van der Waals surface area contributed by atoms with Gasteiger partial charge < -0.3 is 0 Å². The average molecular weight is 307 g/mol. The molecular weight excluding hydrogens is 299 g/mol. The van der Waals surface area contributed by atoms with Crippen LogP contribution in [0.2, 0.25) is 10.2 Å². The second-order valence-electron chi connectivity index (χ2n) is 4.14. The molecule has 0 fully saturated rings. The van der Waals surface area contributed by atoms with Crippen LogP contribution in [0.4, 0.5) is 0 Å².